The van der Waals surface area contributed by atoms with E-state index in [-0.39, 0.29) is 18.5 Å². The maximum atomic E-state index is 10.6. The van der Waals surface area contributed by atoms with Crippen LogP contribution in [0.1, 0.15) is 18.5 Å². The molecule has 0 heterocycles. The van der Waals surface area contributed by atoms with E-state index in [1.807, 2.05) is 31.2 Å². The molecule has 0 bridgehead atoms. The van der Waals surface area contributed by atoms with Crippen LogP contribution < -0.4 is 15.8 Å². The van der Waals surface area contributed by atoms with Crippen LogP contribution >= 0.6 is 0 Å². The van der Waals surface area contributed by atoms with Gasteiger partial charge < -0.3 is 15.8 Å². The minimum absolute atomic E-state index is 0.0358. The highest BCUT2D eigenvalue weighted by molar-refractivity contribution is 5.75. The number of carbonyl (C=O) groups is 1. The Labute approximate surface area is 89.4 Å². The first-order valence-corrected chi connectivity index (χ1v) is 4.79. The molecule has 1 atom stereocenters. The number of benzene rings is 1. The van der Waals surface area contributed by atoms with Crippen molar-refractivity contribution in [3.8, 4) is 5.75 Å². The Morgan fingerprint density at radius 2 is 2.20 bits per heavy atom. The molecule has 0 spiro atoms. The Balaban J connectivity index is 2.72. The summed E-state index contributed by atoms with van der Waals surface area (Å²) in [4.78, 5) is 10.6. The molecule has 0 unspecified atom stereocenters. The molecule has 0 aliphatic carbocycles. The second kappa shape index (κ2) is 5.36. The molecule has 4 heteroatoms. The second-order valence-corrected chi connectivity index (χ2v) is 3.31. The van der Waals surface area contributed by atoms with Crippen LogP contribution in [0.2, 0.25) is 0 Å². The van der Waals surface area contributed by atoms with E-state index in [9.17, 15) is 4.79 Å². The second-order valence-electron chi connectivity index (χ2n) is 3.31. The number of amides is 1. The average Bonchev–Trinajstić information content (AvgIpc) is 2.25. The van der Waals surface area contributed by atoms with E-state index in [1.54, 1.807) is 7.11 Å². The van der Waals surface area contributed by atoms with Gasteiger partial charge in [-0.15, -0.1) is 0 Å². The van der Waals surface area contributed by atoms with E-state index in [2.05, 4.69) is 5.32 Å². The van der Waals surface area contributed by atoms with Gasteiger partial charge in [-0.3, -0.25) is 4.79 Å². The smallest absolute Gasteiger partial charge is 0.231 e. The summed E-state index contributed by atoms with van der Waals surface area (Å²) in [5, 5.41) is 3.02. The zero-order chi connectivity index (χ0) is 11.3. The van der Waals surface area contributed by atoms with Crippen LogP contribution in [0.25, 0.3) is 0 Å². The zero-order valence-electron chi connectivity index (χ0n) is 8.99. The number of hydrogen-bond acceptors (Lipinski definition) is 3. The Hall–Kier alpha value is -1.55. The predicted molar refractivity (Wildman–Crippen MR) is 58.6 cm³/mol. The van der Waals surface area contributed by atoms with Gasteiger partial charge in [-0.1, -0.05) is 18.2 Å². The van der Waals surface area contributed by atoms with Crippen LogP contribution in [0, 0.1) is 0 Å². The molecule has 1 rings (SSSR count). The van der Waals surface area contributed by atoms with Crippen molar-refractivity contribution < 1.29 is 9.53 Å². The third-order valence-electron chi connectivity index (χ3n) is 2.19. The standard InChI is InChI=1S/C11H16N2O2/c1-8(13-7-11(12)14)9-5-3-4-6-10(9)15-2/h3-6,8,13H,7H2,1-2H3,(H2,12,14)/t8-/m1/s1. The first kappa shape index (κ1) is 11.5. The van der Waals surface area contributed by atoms with Gasteiger partial charge in [0.2, 0.25) is 5.91 Å². The van der Waals surface area contributed by atoms with Crippen molar-refractivity contribution in [2.24, 2.45) is 5.73 Å². The van der Waals surface area contributed by atoms with Crippen molar-refractivity contribution in [3.05, 3.63) is 29.8 Å². The molecule has 15 heavy (non-hydrogen) atoms. The maximum absolute atomic E-state index is 10.6. The van der Waals surface area contributed by atoms with Gasteiger partial charge in [0.05, 0.1) is 13.7 Å². The summed E-state index contributed by atoms with van der Waals surface area (Å²) in [5.41, 5.74) is 6.07. The lowest BCUT2D eigenvalue weighted by atomic mass is 10.1. The van der Waals surface area contributed by atoms with Gasteiger partial charge in [0.15, 0.2) is 0 Å². The minimum atomic E-state index is -0.364. The third kappa shape index (κ3) is 3.25. The SMILES string of the molecule is COc1ccccc1[C@@H](C)NCC(N)=O. The van der Waals surface area contributed by atoms with Gasteiger partial charge in [-0.05, 0) is 13.0 Å². The number of hydrogen-bond donors (Lipinski definition) is 2. The van der Waals surface area contributed by atoms with Crippen molar-refractivity contribution in [2.75, 3.05) is 13.7 Å². The molecule has 0 saturated heterocycles. The van der Waals surface area contributed by atoms with Gasteiger partial charge in [0, 0.05) is 11.6 Å². The van der Waals surface area contributed by atoms with Gasteiger partial charge in [0.25, 0.3) is 0 Å². The van der Waals surface area contributed by atoms with Crippen LogP contribution in [-0.2, 0) is 4.79 Å². The maximum Gasteiger partial charge on any atom is 0.231 e. The topological polar surface area (TPSA) is 64.3 Å². The Morgan fingerprint density at radius 1 is 1.53 bits per heavy atom. The number of para-hydroxylation sites is 1. The van der Waals surface area contributed by atoms with Crippen molar-refractivity contribution in [2.45, 2.75) is 13.0 Å². The first-order chi connectivity index (χ1) is 7.15. The molecule has 1 amide bonds. The Kier molecular flexibility index (Phi) is 4.12. The molecule has 1 aromatic rings. The van der Waals surface area contributed by atoms with Gasteiger partial charge >= 0.3 is 0 Å². The number of rotatable bonds is 5. The lowest BCUT2D eigenvalue weighted by molar-refractivity contribution is -0.117. The summed E-state index contributed by atoms with van der Waals surface area (Å²) >= 11 is 0. The van der Waals surface area contributed by atoms with Gasteiger partial charge in [-0.25, -0.2) is 0 Å². The fourth-order valence-corrected chi connectivity index (χ4v) is 1.39. The summed E-state index contributed by atoms with van der Waals surface area (Å²) in [5.74, 6) is 0.443. The lowest BCUT2D eigenvalue weighted by Gasteiger charge is -2.16. The largest absolute Gasteiger partial charge is 0.496 e. The number of nitrogens with two attached hydrogens (primary N) is 1. The lowest BCUT2D eigenvalue weighted by Crippen LogP contribution is -2.30. The van der Waals surface area contributed by atoms with Crippen molar-refractivity contribution in [1.29, 1.82) is 0 Å². The fraction of sp³-hybridized carbons (Fsp3) is 0.364. The molecule has 1 aromatic carbocycles. The number of ether oxygens (including phenoxy) is 1. The number of nitrogens with one attached hydrogen (secondary N) is 1. The molecule has 0 radical (unpaired) electrons. The number of carbonyl (C=O) groups excluding carboxylic acids is 1. The van der Waals surface area contributed by atoms with Crippen LogP contribution in [0.15, 0.2) is 24.3 Å². The number of primary amides is 1. The summed E-state index contributed by atoms with van der Waals surface area (Å²) < 4.78 is 5.22. The van der Waals surface area contributed by atoms with Crippen molar-refractivity contribution in [1.82, 2.24) is 5.32 Å². The molecule has 0 saturated carbocycles. The number of methoxy groups -OCH3 is 1. The van der Waals surface area contributed by atoms with Gasteiger partial charge in [-0.2, -0.15) is 0 Å². The van der Waals surface area contributed by atoms with Crippen molar-refractivity contribution in [3.63, 3.8) is 0 Å². The summed E-state index contributed by atoms with van der Waals surface area (Å²) in [6.45, 7) is 2.13. The molecular weight excluding hydrogens is 192 g/mol. The molecular formula is C11H16N2O2. The van der Waals surface area contributed by atoms with E-state index < -0.39 is 0 Å². The molecule has 0 aliphatic heterocycles. The highest BCUT2D eigenvalue weighted by Crippen LogP contribution is 2.23. The van der Waals surface area contributed by atoms with Crippen LogP contribution in [0.4, 0.5) is 0 Å². The highest BCUT2D eigenvalue weighted by Gasteiger charge is 2.10. The fourth-order valence-electron chi connectivity index (χ4n) is 1.39. The van der Waals surface area contributed by atoms with Crippen LogP contribution in [0.5, 0.6) is 5.75 Å². The quantitative estimate of drug-likeness (QED) is 0.753. The molecule has 82 valence electrons. The highest BCUT2D eigenvalue weighted by atomic mass is 16.5. The summed E-state index contributed by atoms with van der Waals surface area (Å²) in [7, 11) is 1.62. The van der Waals surface area contributed by atoms with E-state index >= 15 is 0 Å². The van der Waals surface area contributed by atoms with E-state index in [1.165, 1.54) is 0 Å². The minimum Gasteiger partial charge on any atom is -0.496 e. The Morgan fingerprint density at radius 3 is 2.80 bits per heavy atom. The molecule has 0 aromatic heterocycles. The molecule has 0 fully saturated rings. The van der Waals surface area contributed by atoms with E-state index in [0.29, 0.717) is 0 Å². The first-order valence-electron chi connectivity index (χ1n) is 4.79. The average molecular weight is 208 g/mol. The van der Waals surface area contributed by atoms with Crippen LogP contribution in [0.3, 0.4) is 0 Å². The van der Waals surface area contributed by atoms with Crippen molar-refractivity contribution >= 4 is 5.91 Å². The van der Waals surface area contributed by atoms with E-state index in [4.69, 9.17) is 10.5 Å². The predicted octanol–water partition coefficient (Wildman–Crippen LogP) is 0.831. The van der Waals surface area contributed by atoms with E-state index in [0.717, 1.165) is 11.3 Å². The summed E-state index contributed by atoms with van der Waals surface area (Å²) in [6, 6.07) is 7.72. The summed E-state index contributed by atoms with van der Waals surface area (Å²) in [6.07, 6.45) is 0. The molecule has 3 N–H and O–H groups in total. The zero-order valence-corrected chi connectivity index (χ0v) is 8.99. The molecule has 0 aliphatic rings. The molecule has 4 nitrogen and oxygen atoms in total. The normalized spacial score (nSPS) is 12.1. The third-order valence-corrected chi connectivity index (χ3v) is 2.19. The van der Waals surface area contributed by atoms with Crippen LogP contribution in [-0.4, -0.2) is 19.6 Å². The van der Waals surface area contributed by atoms with Gasteiger partial charge in [0.1, 0.15) is 5.75 Å². The Bertz CT molecular complexity index is 339. The monoisotopic (exact) mass is 208 g/mol.